The van der Waals surface area contributed by atoms with Gasteiger partial charge in [-0.25, -0.2) is 9.97 Å². The van der Waals surface area contributed by atoms with Crippen LogP contribution in [0.1, 0.15) is 24.5 Å². The summed E-state index contributed by atoms with van der Waals surface area (Å²) in [6.45, 7) is 5.57. The Kier molecular flexibility index (Phi) is 4.49. The van der Waals surface area contributed by atoms with Gasteiger partial charge >= 0.3 is 0 Å². The van der Waals surface area contributed by atoms with E-state index < -0.39 is 0 Å². The Labute approximate surface area is 111 Å². The molecule has 0 amide bonds. The zero-order valence-electron chi connectivity index (χ0n) is 11.1. The Morgan fingerprint density at radius 1 is 1.33 bits per heavy atom. The van der Waals surface area contributed by atoms with Crippen LogP contribution in [0.2, 0.25) is 0 Å². The van der Waals surface area contributed by atoms with Crippen LogP contribution in [0.15, 0.2) is 6.07 Å². The third-order valence-electron chi connectivity index (χ3n) is 2.75. The van der Waals surface area contributed by atoms with E-state index in [1.54, 1.807) is 11.3 Å². The number of aryl methyl sites for hydroxylation is 1. The number of hydrogen-bond acceptors (Lipinski definition) is 5. The molecule has 0 aliphatic heterocycles. The lowest BCUT2D eigenvalue weighted by Gasteiger charge is -2.05. The molecule has 0 radical (unpaired) electrons. The zero-order chi connectivity index (χ0) is 13.0. The summed E-state index contributed by atoms with van der Waals surface area (Å²) in [6, 6.07) is 2.18. The first-order valence-electron chi connectivity index (χ1n) is 6.33. The molecule has 0 spiro atoms. The summed E-state index contributed by atoms with van der Waals surface area (Å²) in [5.41, 5.74) is 0. The molecule has 0 bridgehead atoms. The Bertz CT molecular complexity index is 524. The molecule has 0 aliphatic carbocycles. The van der Waals surface area contributed by atoms with E-state index in [1.807, 2.05) is 14.0 Å². The molecule has 18 heavy (non-hydrogen) atoms. The summed E-state index contributed by atoms with van der Waals surface area (Å²) in [6.07, 6.45) is 1.80. The summed E-state index contributed by atoms with van der Waals surface area (Å²) in [5, 5.41) is 4.28. The van der Waals surface area contributed by atoms with Gasteiger partial charge in [-0.2, -0.15) is 0 Å². The van der Waals surface area contributed by atoms with Crippen molar-refractivity contribution in [2.45, 2.75) is 26.7 Å². The molecular formula is C13H19N3OS. The minimum atomic E-state index is 0.678. The lowest BCUT2D eigenvalue weighted by molar-refractivity contribution is 0.149. The Morgan fingerprint density at radius 2 is 2.17 bits per heavy atom. The molecule has 0 atom stereocenters. The largest absolute Gasteiger partial charge is 0.381 e. The average Bonchev–Trinajstić information content (AvgIpc) is 2.81. The summed E-state index contributed by atoms with van der Waals surface area (Å²) in [7, 11) is 1.90. The number of hydrogen-bond donors (Lipinski definition) is 1. The number of nitrogens with one attached hydrogen (secondary N) is 1. The van der Waals surface area contributed by atoms with E-state index in [4.69, 9.17) is 4.74 Å². The topological polar surface area (TPSA) is 47.0 Å². The molecule has 1 N–H and O–H groups in total. The summed E-state index contributed by atoms with van der Waals surface area (Å²) < 4.78 is 5.35. The van der Waals surface area contributed by atoms with Gasteiger partial charge in [0.05, 0.1) is 12.0 Å². The number of ether oxygens (including phenoxy) is 1. The fraction of sp³-hybridized carbons (Fsp3) is 0.538. The van der Waals surface area contributed by atoms with Crippen LogP contribution in [0.25, 0.3) is 10.2 Å². The SMILES string of the molecule is CCOCCc1nc(NC)c2cc(CC)sc2n1. The van der Waals surface area contributed by atoms with Crippen molar-refractivity contribution >= 4 is 27.4 Å². The number of anilines is 1. The molecular weight excluding hydrogens is 246 g/mol. The van der Waals surface area contributed by atoms with Gasteiger partial charge in [0, 0.05) is 25.0 Å². The molecule has 0 aromatic carbocycles. The highest BCUT2D eigenvalue weighted by molar-refractivity contribution is 7.18. The second kappa shape index (κ2) is 6.11. The standard InChI is InChI=1S/C13H19N3OS/c1-4-9-8-10-12(14-3)15-11(6-7-17-5-2)16-13(10)18-9/h8H,4-7H2,1-3H3,(H,14,15,16). The highest BCUT2D eigenvalue weighted by Crippen LogP contribution is 2.29. The lowest BCUT2D eigenvalue weighted by Crippen LogP contribution is -2.04. The van der Waals surface area contributed by atoms with Gasteiger partial charge in [-0.15, -0.1) is 11.3 Å². The first-order chi connectivity index (χ1) is 8.78. The number of aromatic nitrogens is 2. The Balaban J connectivity index is 2.32. The van der Waals surface area contributed by atoms with Crippen molar-refractivity contribution in [1.29, 1.82) is 0 Å². The first kappa shape index (κ1) is 13.2. The summed E-state index contributed by atoms with van der Waals surface area (Å²) in [4.78, 5) is 11.6. The van der Waals surface area contributed by atoms with Crippen LogP contribution >= 0.6 is 11.3 Å². The molecule has 4 nitrogen and oxygen atoms in total. The molecule has 0 fully saturated rings. The van der Waals surface area contributed by atoms with Gasteiger partial charge in [-0.1, -0.05) is 6.92 Å². The minimum absolute atomic E-state index is 0.678. The summed E-state index contributed by atoms with van der Waals surface area (Å²) >= 11 is 1.75. The second-order valence-corrected chi connectivity index (χ2v) is 5.09. The van der Waals surface area contributed by atoms with E-state index in [-0.39, 0.29) is 0 Å². The maximum atomic E-state index is 5.35. The van der Waals surface area contributed by atoms with Crippen molar-refractivity contribution < 1.29 is 4.74 Å². The van der Waals surface area contributed by atoms with Crippen LogP contribution in [0.4, 0.5) is 5.82 Å². The molecule has 0 saturated heterocycles. The fourth-order valence-corrected chi connectivity index (χ4v) is 2.79. The molecule has 0 saturated carbocycles. The van der Waals surface area contributed by atoms with E-state index >= 15 is 0 Å². The average molecular weight is 265 g/mol. The third kappa shape index (κ3) is 2.79. The van der Waals surface area contributed by atoms with E-state index in [2.05, 4.69) is 28.3 Å². The van der Waals surface area contributed by atoms with Crippen molar-refractivity contribution in [2.75, 3.05) is 25.6 Å². The van der Waals surface area contributed by atoms with E-state index in [0.29, 0.717) is 6.61 Å². The molecule has 2 heterocycles. The fourth-order valence-electron chi connectivity index (χ4n) is 1.80. The number of thiophene rings is 1. The molecule has 0 unspecified atom stereocenters. The number of rotatable bonds is 6. The highest BCUT2D eigenvalue weighted by atomic mass is 32.1. The van der Waals surface area contributed by atoms with Gasteiger partial charge in [-0.3, -0.25) is 0 Å². The predicted molar refractivity (Wildman–Crippen MR) is 76.5 cm³/mol. The molecule has 2 rings (SSSR count). The predicted octanol–water partition coefficient (Wildman–Crippen LogP) is 2.87. The van der Waals surface area contributed by atoms with Crippen molar-refractivity contribution in [3.63, 3.8) is 0 Å². The zero-order valence-corrected chi connectivity index (χ0v) is 11.9. The maximum Gasteiger partial charge on any atom is 0.138 e. The minimum Gasteiger partial charge on any atom is -0.381 e. The highest BCUT2D eigenvalue weighted by Gasteiger charge is 2.10. The number of nitrogens with zero attached hydrogens (tertiary/aromatic N) is 2. The van der Waals surface area contributed by atoms with Crippen molar-refractivity contribution in [1.82, 2.24) is 9.97 Å². The van der Waals surface area contributed by atoms with E-state index in [0.717, 1.165) is 41.3 Å². The number of fused-ring (bicyclic) bond motifs is 1. The third-order valence-corrected chi connectivity index (χ3v) is 3.92. The van der Waals surface area contributed by atoms with Gasteiger partial charge in [0.15, 0.2) is 0 Å². The van der Waals surface area contributed by atoms with Crippen LogP contribution in [0.3, 0.4) is 0 Å². The molecule has 5 heteroatoms. The molecule has 0 aliphatic rings. The lowest BCUT2D eigenvalue weighted by atomic mass is 10.3. The Hall–Kier alpha value is -1.20. The maximum absolute atomic E-state index is 5.35. The van der Waals surface area contributed by atoms with Crippen molar-refractivity contribution in [3.05, 3.63) is 16.8 Å². The molecule has 98 valence electrons. The van der Waals surface area contributed by atoms with E-state index in [9.17, 15) is 0 Å². The van der Waals surface area contributed by atoms with Crippen LogP contribution in [0.5, 0.6) is 0 Å². The van der Waals surface area contributed by atoms with Crippen LogP contribution in [0, 0.1) is 0 Å². The molecule has 2 aromatic heterocycles. The van der Waals surface area contributed by atoms with Crippen molar-refractivity contribution in [3.8, 4) is 0 Å². The van der Waals surface area contributed by atoms with Crippen molar-refractivity contribution in [2.24, 2.45) is 0 Å². The van der Waals surface area contributed by atoms with Gasteiger partial charge in [0.25, 0.3) is 0 Å². The van der Waals surface area contributed by atoms with Crippen LogP contribution < -0.4 is 5.32 Å². The summed E-state index contributed by atoms with van der Waals surface area (Å²) in [5.74, 6) is 1.77. The van der Waals surface area contributed by atoms with Gasteiger partial charge in [0.1, 0.15) is 16.5 Å². The Morgan fingerprint density at radius 3 is 2.83 bits per heavy atom. The van der Waals surface area contributed by atoms with Gasteiger partial charge < -0.3 is 10.1 Å². The first-order valence-corrected chi connectivity index (χ1v) is 7.15. The quantitative estimate of drug-likeness (QED) is 0.816. The monoisotopic (exact) mass is 265 g/mol. The van der Waals surface area contributed by atoms with Crippen LogP contribution in [-0.2, 0) is 17.6 Å². The van der Waals surface area contributed by atoms with E-state index in [1.165, 1.54) is 4.88 Å². The molecule has 2 aromatic rings. The second-order valence-electron chi connectivity index (χ2n) is 3.97. The smallest absolute Gasteiger partial charge is 0.138 e. The van der Waals surface area contributed by atoms with Gasteiger partial charge in [0.2, 0.25) is 0 Å². The normalized spacial score (nSPS) is 11.1. The van der Waals surface area contributed by atoms with Gasteiger partial charge in [-0.05, 0) is 19.4 Å². The van der Waals surface area contributed by atoms with Crippen LogP contribution in [-0.4, -0.2) is 30.2 Å².